The van der Waals surface area contributed by atoms with Gasteiger partial charge in [-0.1, -0.05) is 13.3 Å². The van der Waals surface area contributed by atoms with E-state index in [9.17, 15) is 8.42 Å². The van der Waals surface area contributed by atoms with E-state index in [1.54, 1.807) is 0 Å². The van der Waals surface area contributed by atoms with Crippen LogP contribution in [-0.4, -0.2) is 17.6 Å². The SMILES string of the molecule is CCCC(S)S(=O)(=O)O. The van der Waals surface area contributed by atoms with Crippen molar-refractivity contribution in [3.05, 3.63) is 0 Å². The van der Waals surface area contributed by atoms with Gasteiger partial charge in [0.15, 0.2) is 0 Å². The first-order valence-corrected chi connectivity index (χ1v) is 4.64. The molecule has 0 aromatic carbocycles. The van der Waals surface area contributed by atoms with E-state index < -0.39 is 14.7 Å². The minimum absolute atomic E-state index is 0.391. The molecule has 0 spiro atoms. The summed E-state index contributed by atoms with van der Waals surface area (Å²) >= 11 is 3.65. The van der Waals surface area contributed by atoms with Crippen molar-refractivity contribution < 1.29 is 13.0 Å². The van der Waals surface area contributed by atoms with Crippen LogP contribution in [0.4, 0.5) is 0 Å². The average molecular weight is 170 g/mol. The lowest BCUT2D eigenvalue weighted by Gasteiger charge is -2.02. The number of hydrogen-bond donors (Lipinski definition) is 2. The molecule has 9 heavy (non-hydrogen) atoms. The van der Waals surface area contributed by atoms with E-state index in [0.29, 0.717) is 12.8 Å². The topological polar surface area (TPSA) is 54.4 Å². The molecule has 0 saturated carbocycles. The second-order valence-corrected chi connectivity index (χ2v) is 4.33. The summed E-state index contributed by atoms with van der Waals surface area (Å²) in [5.41, 5.74) is 0. The molecule has 0 aromatic heterocycles. The summed E-state index contributed by atoms with van der Waals surface area (Å²) in [6.45, 7) is 1.83. The molecule has 0 aliphatic carbocycles. The maximum absolute atomic E-state index is 10.2. The van der Waals surface area contributed by atoms with E-state index in [1.165, 1.54) is 0 Å². The molecule has 0 heterocycles. The van der Waals surface area contributed by atoms with Gasteiger partial charge in [-0.05, 0) is 6.42 Å². The third-order valence-electron chi connectivity index (χ3n) is 0.879. The zero-order chi connectivity index (χ0) is 7.49. The molecule has 0 amide bonds. The molecule has 0 rings (SSSR count). The Morgan fingerprint density at radius 3 is 2.22 bits per heavy atom. The van der Waals surface area contributed by atoms with Gasteiger partial charge >= 0.3 is 0 Å². The highest BCUT2D eigenvalue weighted by Crippen LogP contribution is 2.09. The minimum atomic E-state index is -3.90. The van der Waals surface area contributed by atoms with Crippen LogP contribution < -0.4 is 0 Å². The number of rotatable bonds is 3. The summed E-state index contributed by atoms with van der Waals surface area (Å²) in [5.74, 6) is 0. The smallest absolute Gasteiger partial charge is 0.276 e. The zero-order valence-corrected chi connectivity index (χ0v) is 6.82. The third-order valence-corrected chi connectivity index (χ3v) is 2.86. The molecule has 1 unspecified atom stereocenters. The van der Waals surface area contributed by atoms with Crippen LogP contribution in [0.5, 0.6) is 0 Å². The van der Waals surface area contributed by atoms with Crippen molar-refractivity contribution in [1.29, 1.82) is 0 Å². The number of thiol groups is 1. The molecule has 3 nitrogen and oxygen atoms in total. The highest BCUT2D eigenvalue weighted by Gasteiger charge is 2.15. The Morgan fingerprint density at radius 2 is 2.11 bits per heavy atom. The molecule has 5 heteroatoms. The molecule has 0 fully saturated rings. The molecule has 0 aliphatic heterocycles. The highest BCUT2D eigenvalue weighted by molar-refractivity contribution is 8.01. The fraction of sp³-hybridized carbons (Fsp3) is 1.00. The van der Waals surface area contributed by atoms with Crippen LogP contribution in [0.25, 0.3) is 0 Å². The Hall–Kier alpha value is 0.260. The van der Waals surface area contributed by atoms with Gasteiger partial charge < -0.3 is 0 Å². The molecule has 1 N–H and O–H groups in total. The lowest BCUT2D eigenvalue weighted by atomic mass is 10.4. The van der Waals surface area contributed by atoms with Crippen LogP contribution in [0.3, 0.4) is 0 Å². The Balaban J connectivity index is 3.90. The fourth-order valence-corrected chi connectivity index (χ4v) is 1.19. The largest absolute Gasteiger partial charge is 0.285 e. The Kier molecular flexibility index (Phi) is 3.53. The first kappa shape index (κ1) is 9.26. The highest BCUT2D eigenvalue weighted by atomic mass is 32.3. The van der Waals surface area contributed by atoms with E-state index in [-0.39, 0.29) is 0 Å². The molecule has 0 bridgehead atoms. The van der Waals surface area contributed by atoms with Crippen molar-refractivity contribution in [1.82, 2.24) is 0 Å². The summed E-state index contributed by atoms with van der Waals surface area (Å²) in [4.78, 5) is 0. The predicted molar refractivity (Wildman–Crippen MR) is 39.2 cm³/mol. The first-order valence-electron chi connectivity index (χ1n) is 2.63. The minimum Gasteiger partial charge on any atom is -0.285 e. The van der Waals surface area contributed by atoms with Crippen molar-refractivity contribution in [2.24, 2.45) is 0 Å². The predicted octanol–water partition coefficient (Wildman–Crippen LogP) is 0.930. The lowest BCUT2D eigenvalue weighted by molar-refractivity contribution is 0.477. The van der Waals surface area contributed by atoms with Crippen LogP contribution in [0.15, 0.2) is 0 Å². The number of hydrogen-bond acceptors (Lipinski definition) is 3. The summed E-state index contributed by atoms with van der Waals surface area (Å²) in [6.07, 6.45) is 1.09. The molecular formula is C4H10O3S2. The van der Waals surface area contributed by atoms with E-state index in [0.717, 1.165) is 0 Å². The van der Waals surface area contributed by atoms with E-state index in [2.05, 4.69) is 12.6 Å². The monoisotopic (exact) mass is 170 g/mol. The van der Waals surface area contributed by atoms with Crippen molar-refractivity contribution in [2.45, 2.75) is 24.3 Å². The maximum Gasteiger partial charge on any atom is 0.276 e. The molecule has 0 aliphatic rings. The summed E-state index contributed by atoms with van der Waals surface area (Å²) in [7, 11) is -3.90. The molecular weight excluding hydrogens is 160 g/mol. The quantitative estimate of drug-likeness (QED) is 0.489. The Morgan fingerprint density at radius 1 is 1.67 bits per heavy atom. The van der Waals surface area contributed by atoms with Crippen LogP contribution in [0.1, 0.15) is 19.8 Å². The molecule has 56 valence electrons. The Labute approximate surface area is 60.6 Å². The van der Waals surface area contributed by atoms with Gasteiger partial charge in [-0.25, -0.2) is 0 Å². The fourth-order valence-electron chi connectivity index (χ4n) is 0.396. The van der Waals surface area contributed by atoms with Crippen LogP contribution in [0, 0.1) is 0 Å². The standard InChI is InChI=1S/C4H10O3S2/c1-2-3-4(8)9(5,6)7/h4,8H,2-3H2,1H3,(H,5,6,7). The van der Waals surface area contributed by atoms with E-state index in [1.807, 2.05) is 6.92 Å². The third kappa shape index (κ3) is 3.77. The molecule has 1 atom stereocenters. The van der Waals surface area contributed by atoms with Gasteiger partial charge in [-0.3, -0.25) is 4.55 Å². The van der Waals surface area contributed by atoms with E-state index >= 15 is 0 Å². The van der Waals surface area contributed by atoms with Crippen molar-refractivity contribution in [2.75, 3.05) is 0 Å². The lowest BCUT2D eigenvalue weighted by Crippen LogP contribution is -2.12. The summed E-state index contributed by atoms with van der Waals surface area (Å²) in [5, 5.41) is 0. The van der Waals surface area contributed by atoms with Crippen molar-refractivity contribution >= 4 is 22.7 Å². The second-order valence-electron chi connectivity index (χ2n) is 1.76. The van der Waals surface area contributed by atoms with Crippen LogP contribution in [-0.2, 0) is 10.1 Å². The van der Waals surface area contributed by atoms with Crippen LogP contribution >= 0.6 is 12.6 Å². The van der Waals surface area contributed by atoms with Gasteiger partial charge in [0.25, 0.3) is 10.1 Å². The van der Waals surface area contributed by atoms with Gasteiger partial charge in [0, 0.05) is 0 Å². The molecule has 0 radical (unpaired) electrons. The molecule has 0 saturated heterocycles. The van der Waals surface area contributed by atoms with Crippen LogP contribution in [0.2, 0.25) is 0 Å². The van der Waals surface area contributed by atoms with Crippen molar-refractivity contribution in [3.63, 3.8) is 0 Å². The van der Waals surface area contributed by atoms with Gasteiger partial charge in [0.2, 0.25) is 0 Å². The van der Waals surface area contributed by atoms with Gasteiger partial charge in [0.1, 0.15) is 4.58 Å². The normalized spacial score (nSPS) is 15.4. The van der Waals surface area contributed by atoms with Gasteiger partial charge in [0.05, 0.1) is 0 Å². The summed E-state index contributed by atoms with van der Waals surface area (Å²) < 4.78 is 27.8. The zero-order valence-electron chi connectivity index (χ0n) is 5.11. The average Bonchev–Trinajstić information content (AvgIpc) is 1.64. The van der Waals surface area contributed by atoms with Gasteiger partial charge in [-0.15, -0.1) is 0 Å². The molecule has 0 aromatic rings. The summed E-state index contributed by atoms with van der Waals surface area (Å²) in [6, 6.07) is 0. The second kappa shape index (κ2) is 3.43. The van der Waals surface area contributed by atoms with Gasteiger partial charge in [-0.2, -0.15) is 21.0 Å². The maximum atomic E-state index is 10.2. The Bertz CT molecular complexity index is 161. The van der Waals surface area contributed by atoms with E-state index in [4.69, 9.17) is 4.55 Å². The van der Waals surface area contributed by atoms with Crippen molar-refractivity contribution in [3.8, 4) is 0 Å². The first-order chi connectivity index (χ1) is 3.98.